The molecule has 0 atom stereocenters. The number of anilines is 1. The highest BCUT2D eigenvalue weighted by Gasteiger charge is 2.25. The van der Waals surface area contributed by atoms with E-state index in [0.717, 1.165) is 18.3 Å². The Morgan fingerprint density at radius 2 is 1.83 bits per heavy atom. The molecule has 1 aromatic heterocycles. The van der Waals surface area contributed by atoms with Crippen molar-refractivity contribution in [3.63, 3.8) is 0 Å². The van der Waals surface area contributed by atoms with Crippen LogP contribution in [-0.4, -0.2) is 13.4 Å². The average molecular weight is 354 g/mol. The van der Waals surface area contributed by atoms with E-state index in [1.54, 1.807) is 6.92 Å². The number of aryl methyl sites for hydroxylation is 1. The Morgan fingerprint density at radius 3 is 2.54 bits per heavy atom. The molecule has 0 aliphatic rings. The van der Waals surface area contributed by atoms with Crippen LogP contribution in [0.3, 0.4) is 0 Å². The van der Waals surface area contributed by atoms with Gasteiger partial charge in [0.15, 0.2) is 5.82 Å². The number of sulfonamides is 1. The van der Waals surface area contributed by atoms with Crippen LogP contribution in [0.2, 0.25) is 0 Å². The highest BCUT2D eigenvalue weighted by molar-refractivity contribution is 7.93. The smallest absolute Gasteiger partial charge is 0.264 e. The van der Waals surface area contributed by atoms with Gasteiger partial charge in [-0.3, -0.25) is 4.72 Å². The van der Waals surface area contributed by atoms with Gasteiger partial charge in [-0.1, -0.05) is 19.1 Å². The van der Waals surface area contributed by atoms with E-state index >= 15 is 0 Å². The third kappa shape index (κ3) is 2.62. The van der Waals surface area contributed by atoms with Gasteiger partial charge in [-0.25, -0.2) is 21.6 Å². The van der Waals surface area contributed by atoms with Crippen molar-refractivity contribution in [2.24, 2.45) is 0 Å². The first-order valence-corrected chi connectivity index (χ1v) is 8.58. The van der Waals surface area contributed by atoms with E-state index in [-0.39, 0.29) is 22.9 Å². The number of aromatic nitrogens is 1. The Kier molecular flexibility index (Phi) is 4.00. The molecule has 0 bridgehead atoms. The summed E-state index contributed by atoms with van der Waals surface area (Å²) in [7, 11) is -4.39. The van der Waals surface area contributed by atoms with Crippen molar-refractivity contribution in [3.05, 3.63) is 59.5 Å². The lowest BCUT2D eigenvalue weighted by molar-refractivity contribution is 0.575. The number of halogens is 3. The van der Waals surface area contributed by atoms with Gasteiger partial charge in [0.05, 0.1) is 5.39 Å². The summed E-state index contributed by atoms with van der Waals surface area (Å²) in [6.07, 6.45) is 1.35. The molecule has 24 heavy (non-hydrogen) atoms. The van der Waals surface area contributed by atoms with Gasteiger partial charge >= 0.3 is 0 Å². The van der Waals surface area contributed by atoms with Gasteiger partial charge in [0.1, 0.15) is 22.2 Å². The zero-order chi connectivity index (χ0) is 17.5. The molecule has 3 rings (SSSR count). The van der Waals surface area contributed by atoms with Crippen molar-refractivity contribution in [1.82, 2.24) is 4.98 Å². The summed E-state index contributed by atoms with van der Waals surface area (Å²) in [6.45, 7) is 1.66. The molecular weight excluding hydrogens is 341 g/mol. The molecule has 0 spiro atoms. The Labute approximate surface area is 136 Å². The fraction of sp³-hybridized carbons (Fsp3) is 0.125. The van der Waals surface area contributed by atoms with E-state index < -0.39 is 38.1 Å². The molecule has 0 aliphatic carbocycles. The molecule has 0 amide bonds. The van der Waals surface area contributed by atoms with Crippen LogP contribution in [-0.2, 0) is 16.4 Å². The van der Waals surface area contributed by atoms with E-state index in [1.165, 1.54) is 18.2 Å². The normalized spacial score (nSPS) is 11.8. The predicted octanol–water partition coefficient (Wildman–Crippen LogP) is 3.95. The van der Waals surface area contributed by atoms with E-state index in [1.807, 2.05) is 4.72 Å². The monoisotopic (exact) mass is 354 g/mol. The minimum Gasteiger partial charge on any atom is -0.360 e. The Balaban J connectivity index is 2.13. The lowest BCUT2D eigenvalue weighted by Crippen LogP contribution is -2.16. The van der Waals surface area contributed by atoms with Gasteiger partial charge in [0.25, 0.3) is 10.0 Å². The quantitative estimate of drug-likeness (QED) is 0.745. The highest BCUT2D eigenvalue weighted by atomic mass is 32.2. The summed E-state index contributed by atoms with van der Waals surface area (Å²) in [4.78, 5) is 2.21. The van der Waals surface area contributed by atoms with Crippen LogP contribution in [0.5, 0.6) is 0 Å². The number of benzene rings is 2. The standard InChI is InChI=1S/C16H13F3N2O2S/c1-2-9-6-7-11(18)16(15(9)19)21-24(22,23)13-8-20-12-5-3-4-10(17)14(12)13/h3-8,20-21H,2H2,1H3. The van der Waals surface area contributed by atoms with Gasteiger partial charge < -0.3 is 4.98 Å². The van der Waals surface area contributed by atoms with Gasteiger partial charge in [-0.2, -0.15) is 0 Å². The summed E-state index contributed by atoms with van der Waals surface area (Å²) in [5.74, 6) is -2.78. The lowest BCUT2D eigenvalue weighted by Gasteiger charge is -2.11. The van der Waals surface area contributed by atoms with E-state index in [0.29, 0.717) is 0 Å². The number of nitrogens with one attached hydrogen (secondary N) is 2. The maximum absolute atomic E-state index is 14.3. The topological polar surface area (TPSA) is 62.0 Å². The minimum atomic E-state index is -4.39. The molecule has 4 nitrogen and oxygen atoms in total. The van der Waals surface area contributed by atoms with Crippen molar-refractivity contribution in [1.29, 1.82) is 0 Å². The predicted molar refractivity (Wildman–Crippen MR) is 84.8 cm³/mol. The molecule has 0 aliphatic heterocycles. The summed E-state index contributed by atoms with van der Waals surface area (Å²) >= 11 is 0. The summed E-state index contributed by atoms with van der Waals surface area (Å²) in [5.41, 5.74) is -0.349. The third-order valence-electron chi connectivity index (χ3n) is 3.70. The summed E-state index contributed by atoms with van der Waals surface area (Å²) in [5, 5.41) is -0.169. The van der Waals surface area contributed by atoms with Gasteiger partial charge in [0.2, 0.25) is 0 Å². The molecule has 2 aromatic carbocycles. The lowest BCUT2D eigenvalue weighted by atomic mass is 10.1. The van der Waals surface area contributed by atoms with E-state index in [4.69, 9.17) is 0 Å². The maximum Gasteiger partial charge on any atom is 0.264 e. The summed E-state index contributed by atoms with van der Waals surface area (Å²) in [6, 6.07) is 6.25. The highest BCUT2D eigenvalue weighted by Crippen LogP contribution is 2.29. The Hall–Kier alpha value is -2.48. The maximum atomic E-state index is 14.3. The molecule has 2 N–H and O–H groups in total. The van der Waals surface area contributed by atoms with Crippen molar-refractivity contribution in [3.8, 4) is 0 Å². The second-order valence-electron chi connectivity index (χ2n) is 5.17. The Morgan fingerprint density at radius 1 is 1.08 bits per heavy atom. The zero-order valence-corrected chi connectivity index (χ0v) is 13.3. The van der Waals surface area contributed by atoms with Crippen LogP contribution in [0.15, 0.2) is 41.4 Å². The number of rotatable bonds is 4. The van der Waals surface area contributed by atoms with Crippen molar-refractivity contribution < 1.29 is 21.6 Å². The average Bonchev–Trinajstić information content (AvgIpc) is 2.98. The number of aromatic amines is 1. The van der Waals surface area contributed by atoms with Crippen molar-refractivity contribution >= 4 is 26.6 Å². The van der Waals surface area contributed by atoms with Crippen LogP contribution < -0.4 is 4.72 Å². The van der Waals surface area contributed by atoms with E-state index in [9.17, 15) is 21.6 Å². The fourth-order valence-corrected chi connectivity index (χ4v) is 3.73. The molecule has 0 saturated heterocycles. The number of fused-ring (bicyclic) bond motifs is 1. The number of hydrogen-bond acceptors (Lipinski definition) is 2. The second kappa shape index (κ2) is 5.86. The van der Waals surface area contributed by atoms with Gasteiger partial charge in [0, 0.05) is 11.7 Å². The largest absolute Gasteiger partial charge is 0.360 e. The second-order valence-corrected chi connectivity index (χ2v) is 6.82. The molecule has 0 saturated carbocycles. The molecule has 1 heterocycles. The molecule has 126 valence electrons. The van der Waals surface area contributed by atoms with Crippen LogP contribution >= 0.6 is 0 Å². The van der Waals surface area contributed by atoms with Crippen molar-refractivity contribution in [2.75, 3.05) is 4.72 Å². The molecule has 0 radical (unpaired) electrons. The van der Waals surface area contributed by atoms with Crippen LogP contribution in [0.4, 0.5) is 18.9 Å². The zero-order valence-electron chi connectivity index (χ0n) is 12.5. The molecule has 8 heteroatoms. The van der Waals surface area contributed by atoms with Crippen LogP contribution in [0.1, 0.15) is 12.5 Å². The van der Waals surface area contributed by atoms with Crippen LogP contribution in [0, 0.1) is 17.5 Å². The number of H-pyrrole nitrogens is 1. The molecule has 0 fully saturated rings. The number of hydrogen-bond donors (Lipinski definition) is 2. The van der Waals surface area contributed by atoms with Crippen LogP contribution in [0.25, 0.3) is 10.9 Å². The van der Waals surface area contributed by atoms with Gasteiger partial charge in [-0.05, 0) is 30.2 Å². The molecule has 3 aromatic rings. The first-order chi connectivity index (χ1) is 11.3. The fourth-order valence-electron chi connectivity index (χ4n) is 2.47. The van der Waals surface area contributed by atoms with Crippen molar-refractivity contribution in [2.45, 2.75) is 18.2 Å². The van der Waals surface area contributed by atoms with Gasteiger partial charge in [-0.15, -0.1) is 0 Å². The molecular formula is C16H13F3N2O2S. The first-order valence-electron chi connectivity index (χ1n) is 7.10. The first kappa shape index (κ1) is 16.4. The third-order valence-corrected chi connectivity index (χ3v) is 5.07. The minimum absolute atomic E-state index is 0.166. The molecule has 0 unspecified atom stereocenters. The SMILES string of the molecule is CCc1ccc(F)c(NS(=O)(=O)c2c[nH]c3cccc(F)c23)c1F. The summed E-state index contributed by atoms with van der Waals surface area (Å²) < 4.78 is 69.0. The Bertz CT molecular complexity index is 1030. The van der Waals surface area contributed by atoms with E-state index in [2.05, 4.69) is 4.98 Å².